The zero-order valence-electron chi connectivity index (χ0n) is 17.7. The number of aliphatic carboxylic acids is 1. The fourth-order valence-electron chi connectivity index (χ4n) is 2.78. The number of rotatable bonds is 10. The second kappa shape index (κ2) is 12.6. The van der Waals surface area contributed by atoms with Crippen LogP contribution in [0.4, 0.5) is 4.79 Å². The van der Waals surface area contributed by atoms with Crippen molar-refractivity contribution in [2.75, 3.05) is 13.2 Å². The molecule has 8 nitrogen and oxygen atoms in total. The largest absolute Gasteiger partial charge is 0.489 e. The summed E-state index contributed by atoms with van der Waals surface area (Å²) in [6.45, 7) is 6.25. The number of allylic oxidation sites excluding steroid dienone is 1. The van der Waals surface area contributed by atoms with Crippen LogP contribution in [-0.4, -0.2) is 42.5 Å². The summed E-state index contributed by atoms with van der Waals surface area (Å²) in [5.74, 6) is 1.10. The first kappa shape index (κ1) is 28.0. The van der Waals surface area contributed by atoms with Crippen LogP contribution in [0.5, 0.6) is 17.2 Å². The molecule has 1 saturated heterocycles. The van der Waals surface area contributed by atoms with Gasteiger partial charge in [0.05, 0.1) is 19.5 Å². The lowest BCUT2D eigenvalue weighted by Crippen LogP contribution is -2.42. The molecule has 12 heteroatoms. The summed E-state index contributed by atoms with van der Waals surface area (Å²) < 4.78 is 25.5. The standard InChI is InChI=1S/C22H19I4NO7/c1-10(2)33-22(30)27-19(21(28)29)7-14-15(23)3-11(4-16(14)24)34-12-5-17(25)20(18(26)6-12)32-9-13-8-31-13/h3-6,13,19H,1,7-9H2,2H3,(H,27,30)(H,28,29). The number of carbonyl (C=O) groups excluding carboxylic acids is 1. The van der Waals surface area contributed by atoms with Gasteiger partial charge in [0.15, 0.2) is 0 Å². The van der Waals surface area contributed by atoms with Crippen molar-refractivity contribution in [3.05, 3.63) is 56.4 Å². The number of epoxide rings is 1. The Bertz CT molecular complexity index is 1070. The van der Waals surface area contributed by atoms with E-state index >= 15 is 0 Å². The molecule has 1 heterocycles. The lowest BCUT2D eigenvalue weighted by molar-refractivity contribution is -0.139. The minimum atomic E-state index is -1.16. The van der Waals surface area contributed by atoms with E-state index in [9.17, 15) is 14.7 Å². The predicted molar refractivity (Wildman–Crippen MR) is 159 cm³/mol. The maximum atomic E-state index is 11.8. The van der Waals surface area contributed by atoms with Gasteiger partial charge in [-0.1, -0.05) is 6.58 Å². The lowest BCUT2D eigenvalue weighted by Gasteiger charge is -2.18. The molecule has 0 aromatic heterocycles. The maximum Gasteiger partial charge on any atom is 0.412 e. The zero-order chi connectivity index (χ0) is 25.0. The van der Waals surface area contributed by atoms with Crippen LogP contribution < -0.4 is 14.8 Å². The molecule has 0 bridgehead atoms. The monoisotopic (exact) mass is 917 g/mol. The van der Waals surface area contributed by atoms with Crippen molar-refractivity contribution in [3.63, 3.8) is 0 Å². The van der Waals surface area contributed by atoms with Crippen LogP contribution in [0.3, 0.4) is 0 Å². The van der Waals surface area contributed by atoms with E-state index in [-0.39, 0.29) is 18.3 Å². The number of carboxylic acids is 1. The number of benzene rings is 2. The third-order valence-corrected chi connectivity index (χ3v) is 7.93. The first-order chi connectivity index (χ1) is 16.0. The molecule has 0 aliphatic carbocycles. The van der Waals surface area contributed by atoms with Crippen molar-refractivity contribution < 1.29 is 33.6 Å². The summed E-state index contributed by atoms with van der Waals surface area (Å²) in [5, 5.41) is 11.9. The summed E-state index contributed by atoms with van der Waals surface area (Å²) in [7, 11) is 0. The molecule has 182 valence electrons. The number of halogens is 4. The van der Waals surface area contributed by atoms with E-state index in [1.165, 1.54) is 6.92 Å². The van der Waals surface area contributed by atoms with Gasteiger partial charge >= 0.3 is 12.1 Å². The summed E-state index contributed by atoms with van der Waals surface area (Å²) in [6, 6.07) is 6.31. The number of ether oxygens (including phenoxy) is 4. The molecule has 1 amide bonds. The van der Waals surface area contributed by atoms with Crippen LogP contribution in [-0.2, 0) is 20.7 Å². The second-order valence-electron chi connectivity index (χ2n) is 7.28. The van der Waals surface area contributed by atoms with E-state index in [1.807, 2.05) is 24.3 Å². The van der Waals surface area contributed by atoms with Crippen LogP contribution in [0.25, 0.3) is 0 Å². The summed E-state index contributed by atoms with van der Waals surface area (Å²) in [6.07, 6.45) is -0.590. The van der Waals surface area contributed by atoms with Gasteiger partial charge in [0.1, 0.15) is 36.0 Å². The van der Waals surface area contributed by atoms with Crippen molar-refractivity contribution in [3.8, 4) is 17.2 Å². The van der Waals surface area contributed by atoms with E-state index in [0.29, 0.717) is 18.1 Å². The molecule has 2 N–H and O–H groups in total. The Morgan fingerprint density at radius 2 is 1.65 bits per heavy atom. The van der Waals surface area contributed by atoms with Gasteiger partial charge in [-0.25, -0.2) is 9.59 Å². The molecule has 0 saturated carbocycles. The molecule has 0 radical (unpaired) electrons. The molecule has 3 rings (SSSR count). The maximum absolute atomic E-state index is 11.8. The Kier molecular flexibility index (Phi) is 10.3. The van der Waals surface area contributed by atoms with E-state index < -0.39 is 18.1 Å². The van der Waals surface area contributed by atoms with Crippen molar-refractivity contribution >= 4 is 102 Å². The van der Waals surface area contributed by atoms with Crippen molar-refractivity contribution in [2.45, 2.75) is 25.5 Å². The normalized spacial score (nSPS) is 15.3. The van der Waals surface area contributed by atoms with Crippen LogP contribution >= 0.6 is 90.4 Å². The lowest BCUT2D eigenvalue weighted by atomic mass is 10.1. The van der Waals surface area contributed by atoms with Gasteiger partial charge in [0.2, 0.25) is 0 Å². The average Bonchev–Trinajstić information content (AvgIpc) is 3.53. The highest BCUT2D eigenvalue weighted by atomic mass is 127. The van der Waals surface area contributed by atoms with Crippen molar-refractivity contribution in [1.82, 2.24) is 5.32 Å². The van der Waals surface area contributed by atoms with E-state index in [1.54, 1.807) is 0 Å². The van der Waals surface area contributed by atoms with Gasteiger partial charge in [0.25, 0.3) is 0 Å². The third-order valence-electron chi connectivity index (χ3n) is 4.40. The summed E-state index contributed by atoms with van der Waals surface area (Å²) in [4.78, 5) is 23.5. The van der Waals surface area contributed by atoms with Gasteiger partial charge in [-0.05, 0) is 127 Å². The molecule has 2 atom stereocenters. The molecule has 1 fully saturated rings. The number of carbonyl (C=O) groups is 2. The highest BCUT2D eigenvalue weighted by Crippen LogP contribution is 2.36. The second-order valence-corrected chi connectivity index (χ2v) is 11.9. The molecule has 34 heavy (non-hydrogen) atoms. The Labute approximate surface area is 251 Å². The molecule has 1 aliphatic rings. The Hall–Kier alpha value is -0.600. The summed E-state index contributed by atoms with van der Waals surface area (Å²) >= 11 is 8.70. The van der Waals surface area contributed by atoms with Crippen LogP contribution in [0.1, 0.15) is 12.5 Å². The number of amides is 1. The number of hydrogen-bond acceptors (Lipinski definition) is 6. The van der Waals surface area contributed by atoms with Gasteiger partial charge in [0, 0.05) is 13.6 Å². The van der Waals surface area contributed by atoms with E-state index in [4.69, 9.17) is 18.9 Å². The van der Waals surface area contributed by atoms with E-state index in [0.717, 1.165) is 32.2 Å². The first-order valence-electron chi connectivity index (χ1n) is 9.79. The number of carboxylic acid groups (broad SMARTS) is 1. The predicted octanol–water partition coefficient (Wildman–Crippen LogP) is 5.93. The fraction of sp³-hybridized carbons (Fsp3) is 0.273. The van der Waals surface area contributed by atoms with Crippen LogP contribution in [0.2, 0.25) is 0 Å². The number of alkyl carbamates (subject to hydrolysis) is 1. The highest BCUT2D eigenvalue weighted by molar-refractivity contribution is 14.1. The molecular formula is C22H19I4NO7. The molecule has 2 aromatic carbocycles. The summed E-state index contributed by atoms with van der Waals surface area (Å²) in [5.41, 5.74) is 0.784. The van der Waals surface area contributed by atoms with Crippen molar-refractivity contribution in [2.24, 2.45) is 0 Å². The van der Waals surface area contributed by atoms with Gasteiger partial charge in [-0.15, -0.1) is 0 Å². The Morgan fingerprint density at radius 1 is 1.12 bits per heavy atom. The van der Waals surface area contributed by atoms with Gasteiger partial charge in [-0.3, -0.25) is 0 Å². The number of nitrogens with one attached hydrogen (secondary N) is 1. The van der Waals surface area contributed by atoms with Crippen LogP contribution in [0.15, 0.2) is 36.6 Å². The van der Waals surface area contributed by atoms with E-state index in [2.05, 4.69) is 102 Å². The average molecular weight is 917 g/mol. The zero-order valence-corrected chi connectivity index (χ0v) is 26.3. The first-order valence-corrected chi connectivity index (χ1v) is 14.1. The highest BCUT2D eigenvalue weighted by Gasteiger charge is 2.25. The fourth-order valence-corrected chi connectivity index (χ4v) is 6.95. The SMILES string of the molecule is C=C(C)OC(=O)NC(Cc1c(I)cc(Oc2cc(I)c(OCC3CO3)c(I)c2)cc1I)C(=O)O. The molecular weight excluding hydrogens is 898 g/mol. The molecule has 0 spiro atoms. The minimum Gasteiger partial charge on any atom is -0.489 e. The van der Waals surface area contributed by atoms with Crippen LogP contribution in [0, 0.1) is 14.3 Å². The smallest absolute Gasteiger partial charge is 0.412 e. The van der Waals surface area contributed by atoms with Crippen molar-refractivity contribution in [1.29, 1.82) is 0 Å². The molecule has 2 unspecified atom stereocenters. The number of hydrogen-bond donors (Lipinski definition) is 2. The molecule has 1 aliphatic heterocycles. The third kappa shape index (κ3) is 8.22. The molecule has 2 aromatic rings. The Balaban J connectivity index is 1.73. The quantitative estimate of drug-likeness (QED) is 0.173. The minimum absolute atomic E-state index is 0.0873. The van der Waals surface area contributed by atoms with Gasteiger partial charge < -0.3 is 29.4 Å². The Morgan fingerprint density at radius 3 is 2.12 bits per heavy atom. The topological polar surface area (TPSA) is 107 Å². The van der Waals surface area contributed by atoms with Gasteiger partial charge in [-0.2, -0.15) is 0 Å².